The summed E-state index contributed by atoms with van der Waals surface area (Å²) >= 11 is 2.59. The standard InChI is InChI=1S/C16H15FN4O2S2/c1-10(13-6-3-7-23-13)18-14(22)9-24-16-21-20-15(25-16)19-12-5-2-4-11(17)8-12/h2-8,10H,9H2,1H3,(H,18,22)(H,19,20)/t10-/m1/s1. The molecule has 3 aromatic rings. The summed E-state index contributed by atoms with van der Waals surface area (Å²) in [6, 6.07) is 9.49. The highest BCUT2D eigenvalue weighted by Gasteiger charge is 2.13. The van der Waals surface area contributed by atoms with E-state index in [4.69, 9.17) is 4.42 Å². The molecular weight excluding hydrogens is 363 g/mol. The van der Waals surface area contributed by atoms with Crippen LogP contribution in [-0.2, 0) is 4.79 Å². The number of furan rings is 1. The van der Waals surface area contributed by atoms with E-state index >= 15 is 0 Å². The van der Waals surface area contributed by atoms with Crippen molar-refractivity contribution in [2.75, 3.05) is 11.1 Å². The number of hydrogen-bond donors (Lipinski definition) is 2. The van der Waals surface area contributed by atoms with E-state index in [0.29, 0.717) is 20.9 Å². The van der Waals surface area contributed by atoms with Gasteiger partial charge in [-0.05, 0) is 37.3 Å². The summed E-state index contributed by atoms with van der Waals surface area (Å²) in [5.74, 6) is 0.477. The van der Waals surface area contributed by atoms with Crippen LogP contribution in [0.3, 0.4) is 0 Å². The summed E-state index contributed by atoms with van der Waals surface area (Å²) in [4.78, 5) is 12.0. The maximum atomic E-state index is 13.2. The van der Waals surface area contributed by atoms with Crippen molar-refractivity contribution in [2.24, 2.45) is 0 Å². The van der Waals surface area contributed by atoms with Crippen LogP contribution in [0.25, 0.3) is 0 Å². The van der Waals surface area contributed by atoms with Crippen molar-refractivity contribution >= 4 is 39.8 Å². The fourth-order valence-corrected chi connectivity index (χ4v) is 3.61. The lowest BCUT2D eigenvalue weighted by Gasteiger charge is -2.10. The minimum Gasteiger partial charge on any atom is -0.467 e. The largest absolute Gasteiger partial charge is 0.467 e. The van der Waals surface area contributed by atoms with E-state index < -0.39 is 0 Å². The van der Waals surface area contributed by atoms with Crippen molar-refractivity contribution in [3.05, 3.63) is 54.2 Å². The number of aromatic nitrogens is 2. The Hall–Kier alpha value is -2.39. The zero-order valence-electron chi connectivity index (χ0n) is 13.2. The molecule has 0 aliphatic heterocycles. The molecule has 0 fully saturated rings. The van der Waals surface area contributed by atoms with Gasteiger partial charge >= 0.3 is 0 Å². The predicted molar refractivity (Wildman–Crippen MR) is 95.6 cm³/mol. The number of anilines is 2. The van der Waals surface area contributed by atoms with Crippen molar-refractivity contribution < 1.29 is 13.6 Å². The Morgan fingerprint density at radius 2 is 2.24 bits per heavy atom. The van der Waals surface area contributed by atoms with Gasteiger partial charge < -0.3 is 15.1 Å². The van der Waals surface area contributed by atoms with Crippen molar-refractivity contribution in [1.82, 2.24) is 15.5 Å². The Balaban J connectivity index is 1.49. The fraction of sp³-hybridized carbons (Fsp3) is 0.188. The quantitative estimate of drug-likeness (QED) is 0.605. The van der Waals surface area contributed by atoms with Crippen LogP contribution < -0.4 is 10.6 Å². The summed E-state index contributed by atoms with van der Waals surface area (Å²) in [6.45, 7) is 1.85. The van der Waals surface area contributed by atoms with E-state index in [2.05, 4.69) is 20.8 Å². The first-order valence-corrected chi connectivity index (χ1v) is 9.22. The zero-order chi connectivity index (χ0) is 17.6. The van der Waals surface area contributed by atoms with Gasteiger partial charge in [0, 0.05) is 5.69 Å². The Bertz CT molecular complexity index is 838. The maximum Gasteiger partial charge on any atom is 0.231 e. The van der Waals surface area contributed by atoms with Crippen LogP contribution in [0.4, 0.5) is 15.2 Å². The first-order valence-electron chi connectivity index (χ1n) is 7.42. The first kappa shape index (κ1) is 17.4. The van der Waals surface area contributed by atoms with Gasteiger partial charge in [0.15, 0.2) is 4.34 Å². The molecule has 1 aromatic carbocycles. The molecule has 0 aliphatic rings. The third kappa shape index (κ3) is 5.04. The Labute approximate surface area is 151 Å². The second-order valence-electron chi connectivity index (χ2n) is 5.10. The topological polar surface area (TPSA) is 80.0 Å². The van der Waals surface area contributed by atoms with Crippen LogP contribution in [0.5, 0.6) is 0 Å². The third-order valence-electron chi connectivity index (χ3n) is 3.16. The molecule has 0 saturated heterocycles. The van der Waals surface area contributed by atoms with Gasteiger partial charge in [0.05, 0.1) is 18.1 Å². The lowest BCUT2D eigenvalue weighted by Crippen LogP contribution is -2.27. The number of carbonyl (C=O) groups excluding carboxylic acids is 1. The molecule has 6 nitrogen and oxygen atoms in total. The highest BCUT2D eigenvalue weighted by atomic mass is 32.2. The first-order chi connectivity index (χ1) is 12.1. The number of rotatable bonds is 7. The molecule has 3 rings (SSSR count). The molecule has 1 atom stereocenters. The molecule has 2 aromatic heterocycles. The fourth-order valence-electron chi connectivity index (χ4n) is 2.03. The lowest BCUT2D eigenvalue weighted by molar-refractivity contribution is -0.119. The second kappa shape index (κ2) is 8.13. The van der Waals surface area contributed by atoms with E-state index in [1.807, 2.05) is 13.0 Å². The molecule has 25 heavy (non-hydrogen) atoms. The van der Waals surface area contributed by atoms with Crippen LogP contribution in [0.2, 0.25) is 0 Å². The number of benzene rings is 1. The van der Waals surface area contributed by atoms with Crippen molar-refractivity contribution in [3.8, 4) is 0 Å². The summed E-state index contributed by atoms with van der Waals surface area (Å²) in [6.07, 6.45) is 1.57. The number of nitrogens with zero attached hydrogens (tertiary/aromatic N) is 2. The molecule has 0 radical (unpaired) electrons. The number of hydrogen-bond acceptors (Lipinski definition) is 7. The molecule has 0 spiro atoms. The van der Waals surface area contributed by atoms with E-state index in [0.717, 1.165) is 0 Å². The number of carbonyl (C=O) groups is 1. The Kier molecular flexibility index (Phi) is 5.67. The van der Waals surface area contributed by atoms with Crippen LogP contribution in [-0.4, -0.2) is 21.9 Å². The molecule has 130 valence electrons. The number of halogens is 1. The molecule has 2 heterocycles. The summed E-state index contributed by atoms with van der Waals surface area (Å²) in [5, 5.41) is 14.4. The zero-order valence-corrected chi connectivity index (χ0v) is 14.9. The molecule has 0 aliphatic carbocycles. The van der Waals surface area contributed by atoms with Gasteiger partial charge in [-0.3, -0.25) is 4.79 Å². The summed E-state index contributed by atoms with van der Waals surface area (Å²) in [7, 11) is 0. The average molecular weight is 378 g/mol. The minimum absolute atomic E-state index is 0.122. The molecule has 2 N–H and O–H groups in total. The lowest BCUT2D eigenvalue weighted by atomic mass is 10.2. The smallest absolute Gasteiger partial charge is 0.231 e. The maximum absolute atomic E-state index is 13.2. The van der Waals surface area contributed by atoms with Crippen molar-refractivity contribution in [3.63, 3.8) is 0 Å². The van der Waals surface area contributed by atoms with Crippen molar-refractivity contribution in [2.45, 2.75) is 17.3 Å². The number of amides is 1. The van der Waals surface area contributed by atoms with Crippen LogP contribution in [0, 0.1) is 5.82 Å². The van der Waals surface area contributed by atoms with Gasteiger partial charge in [-0.25, -0.2) is 4.39 Å². The molecule has 9 heteroatoms. The van der Waals surface area contributed by atoms with Crippen LogP contribution in [0.1, 0.15) is 18.7 Å². The highest BCUT2D eigenvalue weighted by molar-refractivity contribution is 8.01. The predicted octanol–water partition coefficient (Wildman–Crippen LogP) is 3.98. The normalized spacial score (nSPS) is 11.9. The summed E-state index contributed by atoms with van der Waals surface area (Å²) in [5.41, 5.74) is 0.595. The van der Waals surface area contributed by atoms with E-state index in [1.54, 1.807) is 24.5 Å². The van der Waals surface area contributed by atoms with Gasteiger partial charge in [-0.15, -0.1) is 10.2 Å². The van der Waals surface area contributed by atoms with Crippen molar-refractivity contribution in [1.29, 1.82) is 0 Å². The highest BCUT2D eigenvalue weighted by Crippen LogP contribution is 2.27. The van der Waals surface area contributed by atoms with E-state index in [1.165, 1.54) is 35.2 Å². The van der Waals surface area contributed by atoms with Gasteiger partial charge in [0.25, 0.3) is 0 Å². The Morgan fingerprint density at radius 1 is 1.36 bits per heavy atom. The van der Waals surface area contributed by atoms with Gasteiger partial charge in [0.2, 0.25) is 11.0 Å². The Morgan fingerprint density at radius 3 is 3.00 bits per heavy atom. The van der Waals surface area contributed by atoms with Gasteiger partial charge in [-0.1, -0.05) is 29.2 Å². The molecule has 1 amide bonds. The minimum atomic E-state index is -0.327. The molecular formula is C16H15FN4O2S2. The van der Waals surface area contributed by atoms with Crippen LogP contribution >= 0.6 is 23.1 Å². The van der Waals surface area contributed by atoms with E-state index in [-0.39, 0.29) is 23.5 Å². The number of nitrogens with one attached hydrogen (secondary N) is 2. The molecule has 0 unspecified atom stereocenters. The molecule has 0 bridgehead atoms. The van der Waals surface area contributed by atoms with E-state index in [9.17, 15) is 9.18 Å². The molecule has 0 saturated carbocycles. The monoisotopic (exact) mass is 378 g/mol. The third-order valence-corrected chi connectivity index (χ3v) is 5.13. The summed E-state index contributed by atoms with van der Waals surface area (Å²) < 4.78 is 19.1. The number of thioether (sulfide) groups is 1. The second-order valence-corrected chi connectivity index (χ2v) is 7.30. The SMILES string of the molecule is C[C@@H](NC(=O)CSc1nnc(Nc2cccc(F)c2)s1)c1ccco1. The average Bonchev–Trinajstić information content (AvgIpc) is 3.25. The van der Waals surface area contributed by atoms with Crippen LogP contribution in [0.15, 0.2) is 51.4 Å². The van der Waals surface area contributed by atoms with Gasteiger partial charge in [-0.2, -0.15) is 0 Å². The van der Waals surface area contributed by atoms with Gasteiger partial charge in [0.1, 0.15) is 11.6 Å².